The highest BCUT2D eigenvalue weighted by Gasteiger charge is 2.21. The van der Waals surface area contributed by atoms with E-state index in [1.54, 1.807) is 30.9 Å². The lowest BCUT2D eigenvalue weighted by Crippen LogP contribution is -2.29. The largest absolute Gasteiger partial charge is 0.384 e. The maximum atomic E-state index is 14.7. The van der Waals surface area contributed by atoms with Crippen LogP contribution in [0.25, 0.3) is 22.3 Å². The number of anilines is 1. The van der Waals surface area contributed by atoms with Gasteiger partial charge in [0.25, 0.3) is 11.5 Å². The number of carbonyl (C=O) groups excluding carboxylic acids is 1. The standard InChI is InChI=1S/C30H31FN6O2/c1-34(2)29(38)22-5-4-20(16-25(22)31)19-8-13-36(14-9-19)18-21-17-24-27(7-12-33-28(24)35(21)3)37-15-10-26-23(30(37)39)6-11-32-26/h4-5,7-8,10,12,15-17,32H,6,9,11,13-14,18H2,1-3H3. The van der Waals surface area contributed by atoms with Crippen LogP contribution in [0.2, 0.25) is 0 Å². The third kappa shape index (κ3) is 4.42. The van der Waals surface area contributed by atoms with Gasteiger partial charge in [0.1, 0.15) is 11.5 Å². The summed E-state index contributed by atoms with van der Waals surface area (Å²) in [7, 11) is 5.24. The molecule has 6 rings (SSSR count). The number of halogens is 1. The van der Waals surface area contributed by atoms with E-state index >= 15 is 0 Å². The highest BCUT2D eigenvalue weighted by Crippen LogP contribution is 2.28. The van der Waals surface area contributed by atoms with Gasteiger partial charge in [0.2, 0.25) is 0 Å². The molecule has 1 aromatic carbocycles. The molecule has 5 heterocycles. The van der Waals surface area contributed by atoms with Gasteiger partial charge in [0, 0.05) is 82.0 Å². The average Bonchev–Trinajstić information content (AvgIpc) is 3.54. The predicted octanol–water partition coefficient (Wildman–Crippen LogP) is 3.82. The lowest BCUT2D eigenvalue weighted by atomic mass is 9.97. The van der Waals surface area contributed by atoms with E-state index in [0.29, 0.717) is 0 Å². The maximum Gasteiger partial charge on any atom is 0.260 e. The van der Waals surface area contributed by atoms with E-state index in [4.69, 9.17) is 0 Å². The summed E-state index contributed by atoms with van der Waals surface area (Å²) in [6, 6.07) is 10.9. The second kappa shape index (κ2) is 9.81. The summed E-state index contributed by atoms with van der Waals surface area (Å²) in [5, 5.41) is 4.21. The fraction of sp³-hybridized carbons (Fsp3) is 0.300. The number of aromatic nitrogens is 3. The van der Waals surface area contributed by atoms with Crippen LogP contribution < -0.4 is 10.9 Å². The highest BCUT2D eigenvalue weighted by molar-refractivity contribution is 5.94. The van der Waals surface area contributed by atoms with Gasteiger partial charge in [-0.05, 0) is 54.3 Å². The Bertz CT molecular complexity index is 1700. The Morgan fingerprint density at radius 3 is 2.74 bits per heavy atom. The smallest absolute Gasteiger partial charge is 0.260 e. The number of pyridine rings is 2. The van der Waals surface area contributed by atoms with E-state index < -0.39 is 5.82 Å². The highest BCUT2D eigenvalue weighted by atomic mass is 19.1. The molecule has 0 aliphatic carbocycles. The molecule has 39 heavy (non-hydrogen) atoms. The zero-order valence-electron chi connectivity index (χ0n) is 22.4. The first-order valence-corrected chi connectivity index (χ1v) is 13.2. The van der Waals surface area contributed by atoms with Crippen molar-refractivity contribution < 1.29 is 9.18 Å². The van der Waals surface area contributed by atoms with Gasteiger partial charge in [-0.15, -0.1) is 0 Å². The van der Waals surface area contributed by atoms with Crippen molar-refractivity contribution in [1.82, 2.24) is 23.9 Å². The Morgan fingerprint density at radius 1 is 1.15 bits per heavy atom. The Morgan fingerprint density at radius 2 is 2.00 bits per heavy atom. The normalized spacial score (nSPS) is 15.2. The molecule has 200 valence electrons. The van der Waals surface area contributed by atoms with Crippen molar-refractivity contribution in [2.75, 3.05) is 39.0 Å². The Balaban J connectivity index is 1.23. The molecule has 0 saturated carbocycles. The van der Waals surface area contributed by atoms with Crippen LogP contribution in [0.15, 0.2) is 59.7 Å². The summed E-state index contributed by atoms with van der Waals surface area (Å²) < 4.78 is 18.5. The molecule has 3 aromatic heterocycles. The lowest BCUT2D eigenvalue weighted by molar-refractivity contribution is 0.0823. The number of fused-ring (bicyclic) bond motifs is 2. The van der Waals surface area contributed by atoms with Crippen LogP contribution in [-0.2, 0) is 20.0 Å². The fourth-order valence-corrected chi connectivity index (χ4v) is 5.59. The van der Waals surface area contributed by atoms with Crippen LogP contribution in [0.1, 0.15) is 33.6 Å². The first-order valence-electron chi connectivity index (χ1n) is 13.2. The zero-order valence-corrected chi connectivity index (χ0v) is 22.4. The van der Waals surface area contributed by atoms with Gasteiger partial charge < -0.3 is 14.8 Å². The number of aryl methyl sites for hydroxylation is 1. The third-order valence-corrected chi connectivity index (χ3v) is 7.80. The number of amides is 1. The van der Waals surface area contributed by atoms with E-state index in [1.807, 2.05) is 31.4 Å². The lowest BCUT2D eigenvalue weighted by Gasteiger charge is -2.26. The monoisotopic (exact) mass is 526 g/mol. The number of hydrogen-bond donors (Lipinski definition) is 1. The maximum absolute atomic E-state index is 14.7. The fourth-order valence-electron chi connectivity index (χ4n) is 5.59. The molecule has 2 aliphatic rings. The van der Waals surface area contributed by atoms with E-state index in [-0.39, 0.29) is 17.0 Å². The van der Waals surface area contributed by atoms with E-state index in [0.717, 1.165) is 83.8 Å². The molecular formula is C30H31FN6O2. The minimum atomic E-state index is -0.493. The van der Waals surface area contributed by atoms with Crippen molar-refractivity contribution >= 4 is 28.2 Å². The van der Waals surface area contributed by atoms with Gasteiger partial charge >= 0.3 is 0 Å². The van der Waals surface area contributed by atoms with E-state index in [1.165, 1.54) is 11.0 Å². The molecule has 0 saturated heterocycles. The summed E-state index contributed by atoms with van der Waals surface area (Å²) in [5.74, 6) is -0.833. The van der Waals surface area contributed by atoms with Crippen molar-refractivity contribution in [3.63, 3.8) is 0 Å². The van der Waals surface area contributed by atoms with Crippen molar-refractivity contribution in [3.05, 3.63) is 93.4 Å². The first kappa shape index (κ1) is 25.1. The average molecular weight is 527 g/mol. The molecule has 0 radical (unpaired) electrons. The molecule has 0 spiro atoms. The molecule has 0 fully saturated rings. The molecule has 9 heteroatoms. The van der Waals surface area contributed by atoms with Gasteiger partial charge in [-0.3, -0.25) is 19.1 Å². The van der Waals surface area contributed by atoms with Crippen LogP contribution in [0.3, 0.4) is 0 Å². The Labute approximate surface area is 226 Å². The minimum Gasteiger partial charge on any atom is -0.384 e. The molecule has 4 aromatic rings. The van der Waals surface area contributed by atoms with Gasteiger partial charge in [0.15, 0.2) is 0 Å². The Kier molecular flexibility index (Phi) is 6.31. The molecule has 0 atom stereocenters. The van der Waals surface area contributed by atoms with Gasteiger partial charge in [-0.25, -0.2) is 9.37 Å². The van der Waals surface area contributed by atoms with Crippen molar-refractivity contribution in [2.45, 2.75) is 19.4 Å². The SMILES string of the molecule is CN(C)C(=O)c1ccc(C2=CCN(Cc3cc4c(-n5ccc6c(c5=O)CCN6)ccnc4n3C)CC2)cc1F. The molecule has 1 amide bonds. The third-order valence-electron chi connectivity index (χ3n) is 7.80. The van der Waals surface area contributed by atoms with Crippen LogP contribution in [0.4, 0.5) is 10.1 Å². The molecule has 0 unspecified atom stereocenters. The van der Waals surface area contributed by atoms with E-state index in [9.17, 15) is 14.0 Å². The summed E-state index contributed by atoms with van der Waals surface area (Å²) in [6.45, 7) is 3.07. The summed E-state index contributed by atoms with van der Waals surface area (Å²) in [6.07, 6.45) is 7.25. The molecule has 2 aliphatic heterocycles. The minimum absolute atomic E-state index is 0.0136. The van der Waals surface area contributed by atoms with Crippen molar-refractivity contribution in [2.24, 2.45) is 7.05 Å². The van der Waals surface area contributed by atoms with Crippen molar-refractivity contribution in [1.29, 1.82) is 0 Å². The second-order valence-electron chi connectivity index (χ2n) is 10.4. The zero-order chi connectivity index (χ0) is 27.3. The number of carbonyl (C=O) groups is 1. The Hall–Kier alpha value is -4.24. The molecule has 8 nitrogen and oxygen atoms in total. The van der Waals surface area contributed by atoms with Crippen LogP contribution in [-0.4, -0.2) is 63.6 Å². The van der Waals surface area contributed by atoms with E-state index in [2.05, 4.69) is 31.9 Å². The number of hydrogen-bond acceptors (Lipinski definition) is 5. The predicted molar refractivity (Wildman–Crippen MR) is 151 cm³/mol. The van der Waals surface area contributed by atoms with Gasteiger partial charge in [-0.2, -0.15) is 0 Å². The topological polar surface area (TPSA) is 75.4 Å². The quantitative estimate of drug-likeness (QED) is 0.428. The van der Waals surface area contributed by atoms with Crippen LogP contribution in [0, 0.1) is 5.82 Å². The number of benzene rings is 1. The van der Waals surface area contributed by atoms with Crippen LogP contribution in [0.5, 0.6) is 0 Å². The number of rotatable bonds is 5. The molecule has 1 N–H and O–H groups in total. The van der Waals surface area contributed by atoms with Crippen molar-refractivity contribution in [3.8, 4) is 5.69 Å². The summed E-state index contributed by atoms with van der Waals surface area (Å²) in [4.78, 5) is 33.7. The van der Waals surface area contributed by atoms with Crippen LogP contribution >= 0.6 is 0 Å². The number of nitrogens with one attached hydrogen (secondary N) is 1. The summed E-state index contributed by atoms with van der Waals surface area (Å²) in [5.41, 5.74) is 6.53. The van der Waals surface area contributed by atoms with Gasteiger partial charge in [0.05, 0.1) is 11.3 Å². The number of nitrogens with zero attached hydrogens (tertiary/aromatic N) is 5. The molecule has 0 bridgehead atoms. The first-order chi connectivity index (χ1) is 18.8. The second-order valence-corrected chi connectivity index (χ2v) is 10.4. The summed E-state index contributed by atoms with van der Waals surface area (Å²) >= 11 is 0. The van der Waals surface area contributed by atoms with Gasteiger partial charge in [-0.1, -0.05) is 12.1 Å². The molecular weight excluding hydrogens is 495 g/mol.